The van der Waals surface area contributed by atoms with Crippen LogP contribution in [0.1, 0.15) is 44.3 Å². The lowest BCUT2D eigenvalue weighted by molar-refractivity contribution is -0.116. The van der Waals surface area contributed by atoms with Crippen LogP contribution in [0, 0.1) is 0 Å². The molecule has 0 radical (unpaired) electrons. The Kier molecular flexibility index (Phi) is 7.86. The highest BCUT2D eigenvalue weighted by Crippen LogP contribution is 2.39. The number of hydrogen-bond donors (Lipinski definition) is 2. The summed E-state index contributed by atoms with van der Waals surface area (Å²) in [7, 11) is 1.51. The Morgan fingerprint density at radius 3 is 2.77 bits per heavy atom. The molecule has 186 valence electrons. The summed E-state index contributed by atoms with van der Waals surface area (Å²) < 4.78 is 6.47. The zero-order valence-corrected chi connectivity index (χ0v) is 20.8. The molecule has 0 saturated heterocycles. The van der Waals surface area contributed by atoms with E-state index in [1.807, 2.05) is 31.2 Å². The van der Waals surface area contributed by atoms with Gasteiger partial charge in [0.25, 0.3) is 5.56 Å². The van der Waals surface area contributed by atoms with E-state index >= 15 is 0 Å². The molecule has 3 N–H and O–H groups in total. The monoisotopic (exact) mass is 498 g/mol. The number of para-hydroxylation sites is 1. The van der Waals surface area contributed by atoms with Gasteiger partial charge in [-0.2, -0.15) is 0 Å². The minimum Gasteiger partial charge on any atom is -0.383 e. The Bertz CT molecular complexity index is 1330. The van der Waals surface area contributed by atoms with Crippen molar-refractivity contribution in [3.8, 4) is 0 Å². The van der Waals surface area contributed by atoms with Crippen molar-refractivity contribution in [2.24, 2.45) is 0 Å². The number of H-pyrrole nitrogens is 1. The predicted octanol–water partition coefficient (Wildman–Crippen LogP) is 2.51. The Balaban J connectivity index is 1.64. The van der Waals surface area contributed by atoms with Crippen LogP contribution in [-0.2, 0) is 16.1 Å². The number of thioether (sulfide) groups is 1. The molecule has 0 bridgehead atoms. The fraction of sp³-hybridized carbons (Fsp3) is 0.458. The van der Waals surface area contributed by atoms with E-state index in [0.717, 1.165) is 41.0 Å². The highest BCUT2D eigenvalue weighted by molar-refractivity contribution is 8.00. The quantitative estimate of drug-likeness (QED) is 0.304. The maximum atomic E-state index is 13.4. The summed E-state index contributed by atoms with van der Waals surface area (Å²) in [5.74, 6) is 0.849. The number of fused-ring (bicyclic) bond motifs is 1. The van der Waals surface area contributed by atoms with Crippen molar-refractivity contribution in [1.82, 2.24) is 19.5 Å². The van der Waals surface area contributed by atoms with Crippen molar-refractivity contribution in [2.45, 2.75) is 50.1 Å². The Hall–Kier alpha value is -3.18. The van der Waals surface area contributed by atoms with Gasteiger partial charge in [-0.1, -0.05) is 43.3 Å². The number of nitrogens with one attached hydrogen (secondary N) is 1. The molecular formula is C24H30N6O4S. The van der Waals surface area contributed by atoms with Crippen LogP contribution in [0.3, 0.4) is 0 Å². The Morgan fingerprint density at radius 1 is 1.29 bits per heavy atom. The third kappa shape index (κ3) is 5.57. The van der Waals surface area contributed by atoms with Gasteiger partial charge < -0.3 is 15.4 Å². The summed E-state index contributed by atoms with van der Waals surface area (Å²) in [6, 6.07) is 7.73. The van der Waals surface area contributed by atoms with Crippen molar-refractivity contribution in [3.05, 3.63) is 50.9 Å². The number of aromatic nitrogens is 4. The van der Waals surface area contributed by atoms with Crippen molar-refractivity contribution in [2.75, 3.05) is 36.6 Å². The number of hydrogen-bond acceptors (Lipinski definition) is 8. The number of carbonyl (C=O) groups excluding carboxylic acids is 1. The molecule has 0 aliphatic heterocycles. The van der Waals surface area contributed by atoms with E-state index in [2.05, 4.69) is 9.97 Å². The topological polar surface area (TPSA) is 136 Å². The van der Waals surface area contributed by atoms with Gasteiger partial charge in [0.05, 0.1) is 17.9 Å². The van der Waals surface area contributed by atoms with Crippen molar-refractivity contribution in [3.63, 3.8) is 0 Å². The van der Waals surface area contributed by atoms with Crippen LogP contribution in [-0.4, -0.2) is 51.4 Å². The summed E-state index contributed by atoms with van der Waals surface area (Å²) in [4.78, 5) is 51.5. The van der Waals surface area contributed by atoms with Crippen molar-refractivity contribution in [1.29, 1.82) is 0 Å². The highest BCUT2D eigenvalue weighted by atomic mass is 32.2. The average molecular weight is 499 g/mol. The van der Waals surface area contributed by atoms with E-state index in [4.69, 9.17) is 15.5 Å². The lowest BCUT2D eigenvalue weighted by Crippen LogP contribution is -2.43. The van der Waals surface area contributed by atoms with Crippen LogP contribution in [0.15, 0.2) is 38.9 Å². The second kappa shape index (κ2) is 11.0. The van der Waals surface area contributed by atoms with Gasteiger partial charge in [0.1, 0.15) is 16.7 Å². The number of rotatable bonds is 11. The Labute approximate surface area is 206 Å². The summed E-state index contributed by atoms with van der Waals surface area (Å²) >= 11 is 1.30. The standard InChI is InChI=1S/C24H30N6O4S/c1-3-4-11-30-20(25)19(22(32)28-24(30)33)29(12-13-34-2)18(31)14-35-23-16-7-5-6-8-17(16)26-21(27-23)15-9-10-15/h5-8,15H,3-4,9-14,25H2,1-2H3,(H,28,32,33). The summed E-state index contributed by atoms with van der Waals surface area (Å²) in [6.45, 7) is 2.66. The molecule has 35 heavy (non-hydrogen) atoms. The predicted molar refractivity (Wildman–Crippen MR) is 137 cm³/mol. The number of nitrogen functional groups attached to an aromatic ring is 1. The van der Waals surface area contributed by atoms with Crippen LogP contribution in [0.5, 0.6) is 0 Å². The van der Waals surface area contributed by atoms with Crippen LogP contribution >= 0.6 is 11.8 Å². The molecule has 2 aromatic heterocycles. The minimum absolute atomic E-state index is 0.0230. The number of amides is 1. The van der Waals surface area contributed by atoms with Gasteiger partial charge >= 0.3 is 5.69 Å². The van der Waals surface area contributed by atoms with Crippen molar-refractivity contribution < 1.29 is 9.53 Å². The summed E-state index contributed by atoms with van der Waals surface area (Å²) in [6.07, 6.45) is 3.70. The molecule has 1 amide bonds. The number of anilines is 2. The van der Waals surface area contributed by atoms with Gasteiger partial charge in [-0.05, 0) is 25.3 Å². The molecule has 1 aromatic carbocycles. The minimum atomic E-state index is -0.696. The van der Waals surface area contributed by atoms with Crippen molar-refractivity contribution >= 4 is 40.1 Å². The fourth-order valence-electron chi connectivity index (χ4n) is 3.83. The second-order valence-corrected chi connectivity index (χ2v) is 9.47. The number of methoxy groups -OCH3 is 1. The molecular weight excluding hydrogens is 468 g/mol. The van der Waals surface area contributed by atoms with E-state index in [1.165, 1.54) is 28.3 Å². The largest absolute Gasteiger partial charge is 0.383 e. The van der Waals surface area contributed by atoms with E-state index in [0.29, 0.717) is 18.9 Å². The first-order valence-corrected chi connectivity index (χ1v) is 12.7. The van der Waals surface area contributed by atoms with Gasteiger partial charge in [-0.3, -0.25) is 19.1 Å². The van der Waals surface area contributed by atoms with Crippen LogP contribution in [0.25, 0.3) is 10.9 Å². The van der Waals surface area contributed by atoms with Crippen LogP contribution in [0.4, 0.5) is 11.5 Å². The average Bonchev–Trinajstić information content (AvgIpc) is 3.69. The third-order valence-electron chi connectivity index (χ3n) is 5.90. The highest BCUT2D eigenvalue weighted by Gasteiger charge is 2.28. The normalized spacial score (nSPS) is 13.3. The number of unbranched alkanes of at least 4 members (excludes halogenated alkanes) is 1. The summed E-state index contributed by atoms with van der Waals surface area (Å²) in [5.41, 5.74) is 5.79. The van der Waals surface area contributed by atoms with E-state index in [9.17, 15) is 14.4 Å². The zero-order valence-electron chi connectivity index (χ0n) is 20.0. The van der Waals surface area contributed by atoms with E-state index in [-0.39, 0.29) is 36.3 Å². The van der Waals surface area contributed by atoms with E-state index < -0.39 is 11.2 Å². The number of ether oxygens (including phenoxy) is 1. The first-order valence-electron chi connectivity index (χ1n) is 11.8. The fourth-order valence-corrected chi connectivity index (χ4v) is 4.73. The lowest BCUT2D eigenvalue weighted by atomic mass is 10.2. The summed E-state index contributed by atoms with van der Waals surface area (Å²) in [5, 5.41) is 1.61. The first-order chi connectivity index (χ1) is 16.9. The SMILES string of the molecule is CCCCn1c(N)c(N(CCOC)C(=O)CSc2nc(C3CC3)nc3ccccc23)c(=O)[nH]c1=O. The first kappa shape index (κ1) is 24.9. The molecule has 3 aromatic rings. The molecule has 0 atom stereocenters. The third-order valence-corrected chi connectivity index (χ3v) is 6.88. The number of benzene rings is 1. The van der Waals surface area contributed by atoms with Gasteiger partial charge in [-0.15, -0.1) is 0 Å². The molecule has 1 saturated carbocycles. The molecule has 11 heteroatoms. The second-order valence-electron chi connectivity index (χ2n) is 8.50. The van der Waals surface area contributed by atoms with Crippen LogP contribution in [0.2, 0.25) is 0 Å². The molecule has 0 spiro atoms. The van der Waals surface area contributed by atoms with Gasteiger partial charge in [-0.25, -0.2) is 14.8 Å². The number of nitrogens with two attached hydrogens (primary N) is 1. The van der Waals surface area contributed by atoms with Gasteiger partial charge in [0.2, 0.25) is 5.91 Å². The molecule has 2 heterocycles. The van der Waals surface area contributed by atoms with Crippen LogP contribution < -0.4 is 21.9 Å². The maximum Gasteiger partial charge on any atom is 0.330 e. The molecule has 4 rings (SSSR count). The number of aromatic amines is 1. The molecule has 10 nitrogen and oxygen atoms in total. The smallest absolute Gasteiger partial charge is 0.330 e. The zero-order chi connectivity index (χ0) is 24.9. The van der Waals surface area contributed by atoms with E-state index in [1.54, 1.807) is 0 Å². The molecule has 1 fully saturated rings. The van der Waals surface area contributed by atoms with Gasteiger partial charge in [0.15, 0.2) is 5.69 Å². The number of nitrogens with zero attached hydrogens (tertiary/aromatic N) is 4. The molecule has 0 unspecified atom stereocenters. The Morgan fingerprint density at radius 2 is 2.06 bits per heavy atom. The molecule has 1 aliphatic rings. The lowest BCUT2D eigenvalue weighted by Gasteiger charge is -2.24. The van der Waals surface area contributed by atoms with Gasteiger partial charge in [0, 0.05) is 31.5 Å². The number of carbonyl (C=O) groups is 1. The molecule has 1 aliphatic carbocycles. The maximum absolute atomic E-state index is 13.4.